The average Bonchev–Trinajstić information content (AvgIpc) is 2.98. The van der Waals surface area contributed by atoms with Gasteiger partial charge in [0.2, 0.25) is 11.7 Å². The monoisotopic (exact) mass is 561 g/mol. The predicted octanol–water partition coefficient (Wildman–Crippen LogP) is 7.43. The number of hydrogen-bond acceptors (Lipinski definition) is 6. The summed E-state index contributed by atoms with van der Waals surface area (Å²) in [4.78, 5) is 27.3. The number of allylic oxidation sites excluding steroid dienone is 1. The lowest BCUT2D eigenvalue weighted by molar-refractivity contribution is -0.120. The molecule has 1 aliphatic carbocycles. The summed E-state index contributed by atoms with van der Waals surface area (Å²) in [6, 6.07) is 25.3. The van der Waals surface area contributed by atoms with Crippen LogP contribution in [0.5, 0.6) is 5.75 Å². The van der Waals surface area contributed by atoms with Crippen molar-refractivity contribution in [2.75, 3.05) is 11.9 Å². The number of amides is 1. The zero-order valence-electron chi connectivity index (χ0n) is 23.2. The van der Waals surface area contributed by atoms with Crippen LogP contribution < -0.4 is 10.6 Å². The number of hydrogen-bond donors (Lipinski definition) is 3. The van der Waals surface area contributed by atoms with E-state index in [4.69, 9.17) is 0 Å². The van der Waals surface area contributed by atoms with Gasteiger partial charge < -0.3 is 15.7 Å². The Balaban J connectivity index is 1.52. The normalized spacial score (nSPS) is 12.5. The summed E-state index contributed by atoms with van der Waals surface area (Å²) in [5.41, 5.74) is 4.13. The van der Waals surface area contributed by atoms with E-state index in [9.17, 15) is 20.0 Å². The van der Waals surface area contributed by atoms with Crippen molar-refractivity contribution in [2.24, 2.45) is 0 Å². The summed E-state index contributed by atoms with van der Waals surface area (Å²) in [6.45, 7) is 6.61. The van der Waals surface area contributed by atoms with Gasteiger partial charge in [0, 0.05) is 39.3 Å². The molecule has 5 rings (SSSR count). The highest BCUT2D eigenvalue weighted by Gasteiger charge is 2.29. The number of anilines is 1. The van der Waals surface area contributed by atoms with Crippen molar-refractivity contribution >= 4 is 45.6 Å². The summed E-state index contributed by atoms with van der Waals surface area (Å²) < 4.78 is 0. The largest absolute Gasteiger partial charge is 0.506 e. The first kappa shape index (κ1) is 28.0. The lowest BCUT2D eigenvalue weighted by Crippen LogP contribution is -2.24. The molecule has 7 heteroatoms. The summed E-state index contributed by atoms with van der Waals surface area (Å²) >= 11 is 1.64. The summed E-state index contributed by atoms with van der Waals surface area (Å²) in [7, 11) is 0. The van der Waals surface area contributed by atoms with Crippen molar-refractivity contribution in [3.8, 4) is 11.8 Å². The molecule has 1 amide bonds. The number of aromatic hydroxyl groups is 1. The lowest BCUT2D eigenvalue weighted by atomic mass is 9.86. The molecule has 41 heavy (non-hydrogen) atoms. The number of ketones is 1. The number of phenols is 1. The van der Waals surface area contributed by atoms with E-state index in [0.717, 1.165) is 31.7 Å². The van der Waals surface area contributed by atoms with Crippen LogP contribution in [0.2, 0.25) is 0 Å². The van der Waals surface area contributed by atoms with Gasteiger partial charge in [-0.3, -0.25) is 9.59 Å². The van der Waals surface area contributed by atoms with Gasteiger partial charge in [0.05, 0.1) is 11.4 Å². The molecule has 0 saturated heterocycles. The molecular weight excluding hydrogens is 530 g/mol. The van der Waals surface area contributed by atoms with Crippen LogP contribution >= 0.6 is 11.8 Å². The van der Waals surface area contributed by atoms with Gasteiger partial charge in [-0.15, -0.1) is 0 Å². The fraction of sp³-hybridized carbons (Fsp3) is 0.206. The molecule has 0 heterocycles. The second-order valence-corrected chi connectivity index (χ2v) is 11.4. The first-order chi connectivity index (χ1) is 19.8. The lowest BCUT2D eigenvalue weighted by Gasteiger charge is -2.23. The first-order valence-electron chi connectivity index (χ1n) is 13.7. The van der Waals surface area contributed by atoms with Gasteiger partial charge >= 0.3 is 0 Å². The maximum absolute atomic E-state index is 13.6. The van der Waals surface area contributed by atoms with Crippen LogP contribution in [0, 0.1) is 11.3 Å². The maximum atomic E-state index is 13.6. The number of benzene rings is 4. The van der Waals surface area contributed by atoms with Crippen LogP contribution in [-0.2, 0) is 11.2 Å². The molecule has 206 valence electrons. The number of nitrogens with zero attached hydrogens (tertiary/aromatic N) is 1. The Kier molecular flexibility index (Phi) is 8.14. The van der Waals surface area contributed by atoms with Crippen molar-refractivity contribution in [1.29, 1.82) is 5.26 Å². The second-order valence-electron chi connectivity index (χ2n) is 10.3. The van der Waals surface area contributed by atoms with Crippen LogP contribution in [0.15, 0.2) is 88.2 Å². The highest BCUT2D eigenvalue weighted by atomic mass is 32.2. The van der Waals surface area contributed by atoms with E-state index < -0.39 is 0 Å². The molecule has 0 unspecified atom stereocenters. The zero-order chi connectivity index (χ0) is 29.1. The summed E-state index contributed by atoms with van der Waals surface area (Å²) in [5, 5.41) is 28.5. The van der Waals surface area contributed by atoms with Crippen LogP contribution in [0.25, 0.3) is 16.5 Å². The van der Waals surface area contributed by atoms with E-state index in [1.807, 2.05) is 24.3 Å². The zero-order valence-corrected chi connectivity index (χ0v) is 24.1. The molecule has 4 aromatic rings. The van der Waals surface area contributed by atoms with E-state index in [1.54, 1.807) is 43.0 Å². The first-order valence-corrected chi connectivity index (χ1v) is 14.5. The highest BCUT2D eigenvalue weighted by molar-refractivity contribution is 7.99. The Morgan fingerprint density at radius 3 is 2.51 bits per heavy atom. The molecule has 0 fully saturated rings. The molecule has 0 aromatic heterocycles. The SMILES string of the molecule is CCC(=O)NCCc1ccc(O)c(NC2=C(C#N)C(=O)c3cccc4c(Sc5ccc(C(C)C)cc5)ccc2c34)c1. The number of Topliss-reactive ketones (excluding diaryl/α,β-unsaturated/α-hetero) is 1. The van der Waals surface area contributed by atoms with Gasteiger partial charge in [-0.1, -0.05) is 75.0 Å². The average molecular weight is 562 g/mol. The van der Waals surface area contributed by atoms with E-state index >= 15 is 0 Å². The topological polar surface area (TPSA) is 102 Å². The van der Waals surface area contributed by atoms with Gasteiger partial charge in [0.25, 0.3) is 0 Å². The number of rotatable bonds is 9. The van der Waals surface area contributed by atoms with E-state index in [1.165, 1.54) is 5.56 Å². The van der Waals surface area contributed by atoms with Crippen molar-refractivity contribution in [3.05, 3.63) is 101 Å². The number of nitrogens with one attached hydrogen (secondary N) is 2. The number of carbonyl (C=O) groups excluding carboxylic acids is 2. The van der Waals surface area contributed by atoms with Crippen LogP contribution in [0.4, 0.5) is 5.69 Å². The molecule has 0 aliphatic heterocycles. The molecule has 6 nitrogen and oxygen atoms in total. The minimum Gasteiger partial charge on any atom is -0.506 e. The molecule has 0 atom stereocenters. The molecule has 0 radical (unpaired) electrons. The Labute approximate surface area is 244 Å². The second kappa shape index (κ2) is 11.9. The van der Waals surface area contributed by atoms with Crippen LogP contribution in [0.1, 0.15) is 60.2 Å². The summed E-state index contributed by atoms with van der Waals surface area (Å²) in [5.74, 6) is 0.0726. The number of nitriles is 1. The molecular formula is C34H31N3O3S. The van der Waals surface area contributed by atoms with E-state index in [-0.39, 0.29) is 23.0 Å². The number of carbonyl (C=O) groups is 2. The standard InChI is InChI=1S/C34H31N3O3S/c1-4-31(39)36-17-16-21-8-14-29(38)28(18-21)37-33-25-13-15-30(41-23-11-9-22(10-12-23)20(2)3)24-6-5-7-26(32(24)25)34(40)27(33)19-35/h5-15,18,20,37-38H,4,16-17H2,1-3H3,(H,36,39). The van der Waals surface area contributed by atoms with Gasteiger partial charge in [-0.25, -0.2) is 0 Å². The third-order valence-corrected chi connectivity index (χ3v) is 8.34. The smallest absolute Gasteiger partial charge is 0.219 e. The number of phenolic OH excluding ortho intramolecular Hbond substituents is 1. The van der Waals surface area contributed by atoms with Crippen molar-refractivity contribution in [1.82, 2.24) is 5.32 Å². The Hall–Kier alpha value is -4.54. The highest BCUT2D eigenvalue weighted by Crippen LogP contribution is 2.43. The fourth-order valence-electron chi connectivity index (χ4n) is 4.98. The minimum atomic E-state index is -0.352. The third kappa shape index (κ3) is 5.70. The molecule has 0 spiro atoms. The fourth-order valence-corrected chi connectivity index (χ4v) is 5.92. The maximum Gasteiger partial charge on any atom is 0.219 e. The Morgan fingerprint density at radius 1 is 1.02 bits per heavy atom. The van der Waals surface area contributed by atoms with E-state index in [0.29, 0.717) is 42.3 Å². The molecule has 0 saturated carbocycles. The predicted molar refractivity (Wildman–Crippen MR) is 164 cm³/mol. The molecule has 4 aromatic carbocycles. The van der Waals surface area contributed by atoms with Crippen molar-refractivity contribution < 1.29 is 14.7 Å². The van der Waals surface area contributed by atoms with Crippen molar-refractivity contribution in [3.63, 3.8) is 0 Å². The quantitative estimate of drug-likeness (QED) is 0.184. The van der Waals surface area contributed by atoms with Crippen LogP contribution in [0.3, 0.4) is 0 Å². The van der Waals surface area contributed by atoms with Gasteiger partial charge in [0.15, 0.2) is 0 Å². The van der Waals surface area contributed by atoms with E-state index in [2.05, 4.69) is 54.8 Å². The van der Waals surface area contributed by atoms with Gasteiger partial charge in [-0.05, 0) is 59.2 Å². The summed E-state index contributed by atoms with van der Waals surface area (Å²) in [6.07, 6.45) is 0.986. The molecule has 3 N–H and O–H groups in total. The third-order valence-electron chi connectivity index (χ3n) is 7.26. The van der Waals surface area contributed by atoms with Gasteiger partial charge in [0.1, 0.15) is 17.4 Å². The molecule has 1 aliphatic rings. The van der Waals surface area contributed by atoms with Gasteiger partial charge in [-0.2, -0.15) is 5.26 Å². The molecule has 0 bridgehead atoms. The Bertz CT molecular complexity index is 1730. The van der Waals surface area contributed by atoms with Crippen LogP contribution in [-0.4, -0.2) is 23.3 Å². The Morgan fingerprint density at radius 2 is 1.80 bits per heavy atom. The minimum absolute atomic E-state index is 0.00398. The van der Waals surface area contributed by atoms with Crippen molar-refractivity contribution in [2.45, 2.75) is 49.3 Å².